The van der Waals surface area contributed by atoms with Gasteiger partial charge in [0.1, 0.15) is 5.82 Å². The van der Waals surface area contributed by atoms with Crippen LogP contribution in [0.15, 0.2) is 22.7 Å². The fourth-order valence-corrected chi connectivity index (χ4v) is 2.24. The fourth-order valence-electron chi connectivity index (χ4n) is 2.24. The van der Waals surface area contributed by atoms with Crippen molar-refractivity contribution >= 4 is 17.4 Å². The topological polar surface area (TPSA) is 76.3 Å². The molecule has 0 saturated carbocycles. The third-order valence-corrected chi connectivity index (χ3v) is 3.21. The first-order chi connectivity index (χ1) is 10.1. The minimum atomic E-state index is -0.711. The molecule has 1 aliphatic heterocycles. The van der Waals surface area contributed by atoms with Gasteiger partial charge in [-0.15, -0.1) is 0 Å². The van der Waals surface area contributed by atoms with E-state index < -0.39 is 17.5 Å². The van der Waals surface area contributed by atoms with Gasteiger partial charge in [-0.25, -0.2) is 4.39 Å². The average molecular weight is 289 g/mol. The van der Waals surface area contributed by atoms with E-state index in [1.807, 2.05) is 6.92 Å². The summed E-state index contributed by atoms with van der Waals surface area (Å²) in [5.41, 5.74) is 0.436. The van der Waals surface area contributed by atoms with Crippen LogP contribution in [-0.4, -0.2) is 21.8 Å². The van der Waals surface area contributed by atoms with Gasteiger partial charge in [-0.05, 0) is 24.6 Å². The number of carbonyl (C=O) groups is 2. The Morgan fingerprint density at radius 1 is 1.33 bits per heavy atom. The molecular weight excluding hydrogens is 277 g/mol. The van der Waals surface area contributed by atoms with Crippen LogP contribution in [0.3, 0.4) is 0 Å². The number of anilines is 1. The summed E-state index contributed by atoms with van der Waals surface area (Å²) in [6.07, 6.45) is 1.50. The third kappa shape index (κ3) is 2.31. The van der Waals surface area contributed by atoms with Crippen LogP contribution in [-0.2, 0) is 17.8 Å². The lowest BCUT2D eigenvalue weighted by Gasteiger charge is -2.13. The summed E-state index contributed by atoms with van der Waals surface area (Å²) in [5.74, 6) is -1.11. The Hall–Kier alpha value is -2.57. The molecule has 0 atom stereocenters. The van der Waals surface area contributed by atoms with E-state index in [9.17, 15) is 14.0 Å². The lowest BCUT2D eigenvalue weighted by Crippen LogP contribution is -2.29. The van der Waals surface area contributed by atoms with Crippen molar-refractivity contribution in [3.63, 3.8) is 0 Å². The van der Waals surface area contributed by atoms with Crippen molar-refractivity contribution in [1.29, 1.82) is 0 Å². The maximum atomic E-state index is 13.3. The number of carbonyl (C=O) groups excluding carboxylic acids is 2. The fraction of sp³-hybridized carbons (Fsp3) is 0.286. The summed E-state index contributed by atoms with van der Waals surface area (Å²) in [6.45, 7) is 1.96. The zero-order valence-corrected chi connectivity index (χ0v) is 11.3. The number of amides is 1. The van der Waals surface area contributed by atoms with Gasteiger partial charge in [0.2, 0.25) is 5.89 Å². The number of hydrogen-bond donors (Lipinski definition) is 0. The van der Waals surface area contributed by atoms with Crippen molar-refractivity contribution in [1.82, 2.24) is 10.1 Å². The standard InChI is InChI=1S/C14H12FN3O3/c1-2-3-12-16-11(17-21-12)7-18-10-6-8(15)4-5-9(10)13(19)14(18)20/h4-6H,2-3,7H2,1H3. The Bertz CT molecular complexity index is 726. The molecular formula is C14H12FN3O3. The molecule has 2 aromatic rings. The molecule has 1 aliphatic rings. The largest absolute Gasteiger partial charge is 0.339 e. The molecule has 0 bridgehead atoms. The average Bonchev–Trinajstić information content (AvgIpc) is 2.99. The highest BCUT2D eigenvalue weighted by molar-refractivity contribution is 6.52. The number of hydrogen-bond acceptors (Lipinski definition) is 5. The van der Waals surface area contributed by atoms with Crippen LogP contribution in [0.2, 0.25) is 0 Å². The van der Waals surface area contributed by atoms with Crippen molar-refractivity contribution in [3.8, 4) is 0 Å². The van der Waals surface area contributed by atoms with Gasteiger partial charge < -0.3 is 4.52 Å². The molecule has 108 valence electrons. The molecule has 6 nitrogen and oxygen atoms in total. The van der Waals surface area contributed by atoms with Crippen molar-refractivity contribution in [2.75, 3.05) is 4.90 Å². The van der Waals surface area contributed by atoms with Gasteiger partial charge in [-0.1, -0.05) is 12.1 Å². The molecule has 0 N–H and O–H groups in total. The predicted octanol–water partition coefficient (Wildman–Crippen LogP) is 1.89. The summed E-state index contributed by atoms with van der Waals surface area (Å²) in [6, 6.07) is 3.62. The summed E-state index contributed by atoms with van der Waals surface area (Å²) in [5, 5.41) is 3.77. The van der Waals surface area contributed by atoms with E-state index in [1.54, 1.807) is 0 Å². The molecule has 0 saturated heterocycles. The monoisotopic (exact) mass is 289 g/mol. The molecule has 1 aromatic heterocycles. The smallest absolute Gasteiger partial charge is 0.299 e. The Morgan fingerprint density at radius 3 is 2.90 bits per heavy atom. The minimum Gasteiger partial charge on any atom is -0.339 e. The Kier molecular flexibility index (Phi) is 3.25. The highest BCUT2D eigenvalue weighted by Crippen LogP contribution is 2.30. The Morgan fingerprint density at radius 2 is 2.14 bits per heavy atom. The first kappa shape index (κ1) is 13.4. The predicted molar refractivity (Wildman–Crippen MR) is 70.2 cm³/mol. The number of fused-ring (bicyclic) bond motifs is 1. The van der Waals surface area contributed by atoms with Crippen LogP contribution in [0, 0.1) is 5.82 Å². The second-order valence-corrected chi connectivity index (χ2v) is 4.74. The van der Waals surface area contributed by atoms with Crippen LogP contribution in [0.5, 0.6) is 0 Å². The normalized spacial score (nSPS) is 13.9. The number of aryl methyl sites for hydroxylation is 1. The second-order valence-electron chi connectivity index (χ2n) is 4.74. The number of Topliss-reactive ketones (excluding diaryl/α,β-unsaturated/α-hetero) is 1. The number of rotatable bonds is 4. The molecule has 0 fully saturated rings. The molecule has 3 rings (SSSR count). The molecule has 21 heavy (non-hydrogen) atoms. The van der Waals surface area contributed by atoms with Crippen LogP contribution in [0.1, 0.15) is 35.4 Å². The SMILES string of the molecule is CCCc1nc(CN2C(=O)C(=O)c3ccc(F)cc32)no1. The van der Waals surface area contributed by atoms with Crippen molar-refractivity contribution < 1.29 is 18.5 Å². The molecule has 0 aliphatic carbocycles. The Labute approximate surface area is 119 Å². The molecule has 1 amide bonds. The van der Waals surface area contributed by atoms with Gasteiger partial charge >= 0.3 is 0 Å². The number of ketones is 1. The van der Waals surface area contributed by atoms with E-state index >= 15 is 0 Å². The van der Waals surface area contributed by atoms with Gasteiger partial charge in [0.25, 0.3) is 11.7 Å². The second kappa shape index (κ2) is 5.08. The van der Waals surface area contributed by atoms with Gasteiger partial charge in [0.15, 0.2) is 5.82 Å². The van der Waals surface area contributed by atoms with E-state index in [1.165, 1.54) is 11.0 Å². The summed E-state index contributed by atoms with van der Waals surface area (Å²) < 4.78 is 18.4. The highest BCUT2D eigenvalue weighted by atomic mass is 19.1. The summed E-state index contributed by atoms with van der Waals surface area (Å²) in [4.78, 5) is 29.1. The molecule has 0 unspecified atom stereocenters. The first-order valence-electron chi connectivity index (χ1n) is 6.57. The van der Waals surface area contributed by atoms with Crippen LogP contribution < -0.4 is 4.90 Å². The van der Waals surface area contributed by atoms with Crippen molar-refractivity contribution in [3.05, 3.63) is 41.3 Å². The number of nitrogens with zero attached hydrogens (tertiary/aromatic N) is 3. The number of aromatic nitrogens is 2. The van der Waals surface area contributed by atoms with Gasteiger partial charge in [0.05, 0.1) is 17.8 Å². The zero-order valence-electron chi connectivity index (χ0n) is 11.3. The minimum absolute atomic E-state index is 0.0196. The maximum absolute atomic E-state index is 13.3. The third-order valence-electron chi connectivity index (χ3n) is 3.21. The van der Waals surface area contributed by atoms with Gasteiger partial charge in [-0.2, -0.15) is 4.98 Å². The van der Waals surface area contributed by atoms with Crippen molar-refractivity contribution in [2.24, 2.45) is 0 Å². The number of benzene rings is 1. The van der Waals surface area contributed by atoms with E-state index in [4.69, 9.17) is 4.52 Å². The van der Waals surface area contributed by atoms with Crippen LogP contribution >= 0.6 is 0 Å². The van der Waals surface area contributed by atoms with E-state index in [0.717, 1.165) is 18.6 Å². The molecule has 1 aromatic carbocycles. The summed E-state index contributed by atoms with van der Waals surface area (Å²) >= 11 is 0. The Balaban J connectivity index is 1.90. The molecule has 0 spiro atoms. The first-order valence-corrected chi connectivity index (χ1v) is 6.57. The molecule has 0 radical (unpaired) electrons. The molecule has 7 heteroatoms. The van der Waals surface area contributed by atoms with E-state index in [2.05, 4.69) is 10.1 Å². The quantitative estimate of drug-likeness (QED) is 0.803. The van der Waals surface area contributed by atoms with Crippen LogP contribution in [0.25, 0.3) is 0 Å². The maximum Gasteiger partial charge on any atom is 0.299 e. The van der Waals surface area contributed by atoms with E-state index in [0.29, 0.717) is 12.3 Å². The van der Waals surface area contributed by atoms with Gasteiger partial charge in [-0.3, -0.25) is 14.5 Å². The molecule has 2 heterocycles. The van der Waals surface area contributed by atoms with Gasteiger partial charge in [0, 0.05) is 6.42 Å². The lowest BCUT2D eigenvalue weighted by molar-refractivity contribution is -0.114. The van der Waals surface area contributed by atoms with Crippen molar-refractivity contribution in [2.45, 2.75) is 26.3 Å². The summed E-state index contributed by atoms with van der Waals surface area (Å²) in [7, 11) is 0. The number of halogens is 1. The lowest BCUT2D eigenvalue weighted by atomic mass is 10.1. The van der Waals surface area contributed by atoms with E-state index in [-0.39, 0.29) is 23.6 Å². The highest BCUT2D eigenvalue weighted by Gasteiger charge is 2.36. The van der Waals surface area contributed by atoms with Crippen LogP contribution in [0.4, 0.5) is 10.1 Å². The zero-order chi connectivity index (χ0) is 15.0.